The van der Waals surface area contributed by atoms with Gasteiger partial charge in [-0.25, -0.2) is 0 Å². The van der Waals surface area contributed by atoms with E-state index < -0.39 is 30.9 Å². The van der Waals surface area contributed by atoms with Crippen LogP contribution in [0.15, 0.2) is 24.3 Å². The minimum absolute atomic E-state index is 0.0135. The second kappa shape index (κ2) is 10.1. The first kappa shape index (κ1) is 23.5. The van der Waals surface area contributed by atoms with Crippen molar-refractivity contribution >= 4 is 0 Å². The van der Waals surface area contributed by atoms with E-state index in [1.165, 1.54) is 17.0 Å². The molecule has 0 saturated heterocycles. The Morgan fingerprint density at radius 1 is 1.04 bits per heavy atom. The van der Waals surface area contributed by atoms with Gasteiger partial charge in [0.15, 0.2) is 6.10 Å². The molecule has 4 nitrogen and oxygen atoms in total. The van der Waals surface area contributed by atoms with Crippen molar-refractivity contribution < 1.29 is 40.9 Å². The molecular formula is C17H23F6NO3. The quantitative estimate of drug-likeness (QED) is 0.471. The minimum Gasteiger partial charge on any atom is -0.406 e. The third-order valence-corrected chi connectivity index (χ3v) is 3.44. The van der Waals surface area contributed by atoms with Gasteiger partial charge in [-0.2, -0.15) is 13.2 Å². The molecule has 1 atom stereocenters. The zero-order chi connectivity index (χ0) is 20.7. The van der Waals surface area contributed by atoms with Gasteiger partial charge in [-0.1, -0.05) is 12.1 Å². The lowest BCUT2D eigenvalue weighted by molar-refractivity contribution is -0.274. The number of hydrogen-bond acceptors (Lipinski definition) is 4. The number of aliphatic hydroxyl groups is 1. The maximum Gasteiger partial charge on any atom is 0.573 e. The van der Waals surface area contributed by atoms with Crippen LogP contribution in [-0.2, 0) is 11.3 Å². The standard InChI is InChI=1S/C17H23F6NO3/c1-12(2)26-9-3-8-24(11-15(25)16(18,19)20)10-13-4-6-14(7-5-13)27-17(21,22)23/h4-7,12,15,25H,3,8-11H2,1-2H3. The summed E-state index contributed by atoms with van der Waals surface area (Å²) in [6.07, 6.45) is -11.7. The van der Waals surface area contributed by atoms with Gasteiger partial charge in [-0.15, -0.1) is 13.2 Å². The third kappa shape index (κ3) is 10.4. The number of aliphatic hydroxyl groups excluding tert-OH is 1. The third-order valence-electron chi connectivity index (χ3n) is 3.44. The molecule has 156 valence electrons. The second-order valence-electron chi connectivity index (χ2n) is 6.26. The Hall–Kier alpha value is -1.52. The van der Waals surface area contributed by atoms with Gasteiger partial charge in [-0.3, -0.25) is 4.90 Å². The summed E-state index contributed by atoms with van der Waals surface area (Å²) in [5.74, 6) is -0.418. The lowest BCUT2D eigenvalue weighted by Crippen LogP contribution is -2.41. The first-order chi connectivity index (χ1) is 12.4. The van der Waals surface area contributed by atoms with Crippen LogP contribution < -0.4 is 4.74 Å². The molecule has 1 rings (SSSR count). The van der Waals surface area contributed by atoms with E-state index >= 15 is 0 Å². The summed E-state index contributed by atoms with van der Waals surface area (Å²) < 4.78 is 83.5. The molecule has 0 fully saturated rings. The molecule has 0 radical (unpaired) electrons. The van der Waals surface area contributed by atoms with E-state index in [9.17, 15) is 31.4 Å². The molecule has 1 unspecified atom stereocenters. The lowest BCUT2D eigenvalue weighted by atomic mass is 10.2. The van der Waals surface area contributed by atoms with Gasteiger partial charge >= 0.3 is 12.5 Å². The zero-order valence-corrected chi connectivity index (χ0v) is 15.0. The molecule has 0 saturated carbocycles. The Kier molecular flexibility index (Phi) is 8.83. The van der Waals surface area contributed by atoms with Crippen LogP contribution in [0.3, 0.4) is 0 Å². The number of rotatable bonds is 10. The molecule has 10 heteroatoms. The van der Waals surface area contributed by atoms with Gasteiger partial charge in [0.25, 0.3) is 0 Å². The molecule has 1 N–H and O–H groups in total. The maximum atomic E-state index is 12.6. The Bertz CT molecular complexity index is 545. The Morgan fingerprint density at radius 3 is 2.11 bits per heavy atom. The molecular weight excluding hydrogens is 380 g/mol. The summed E-state index contributed by atoms with van der Waals surface area (Å²) in [5, 5.41) is 9.31. The summed E-state index contributed by atoms with van der Waals surface area (Å²) in [6, 6.07) is 4.84. The van der Waals surface area contributed by atoms with E-state index in [1.54, 1.807) is 0 Å². The number of nitrogens with zero attached hydrogens (tertiary/aromatic N) is 1. The van der Waals surface area contributed by atoms with Crippen molar-refractivity contribution in [2.45, 2.75) is 51.6 Å². The van der Waals surface area contributed by atoms with Crippen molar-refractivity contribution in [3.63, 3.8) is 0 Å². The van der Waals surface area contributed by atoms with Gasteiger partial charge in [-0.05, 0) is 38.0 Å². The summed E-state index contributed by atoms with van der Waals surface area (Å²) in [6.45, 7) is 3.61. The number of halogens is 6. The molecule has 0 bridgehead atoms. The molecule has 0 aliphatic rings. The maximum absolute atomic E-state index is 12.6. The lowest BCUT2D eigenvalue weighted by Gasteiger charge is -2.26. The molecule has 1 aromatic rings. The van der Waals surface area contributed by atoms with Crippen molar-refractivity contribution in [1.82, 2.24) is 4.90 Å². The second-order valence-corrected chi connectivity index (χ2v) is 6.26. The number of alkyl halides is 6. The molecule has 0 aliphatic heterocycles. The summed E-state index contributed by atoms with van der Waals surface area (Å²) in [5.41, 5.74) is 0.490. The summed E-state index contributed by atoms with van der Waals surface area (Å²) in [4.78, 5) is 1.38. The topological polar surface area (TPSA) is 41.9 Å². The van der Waals surface area contributed by atoms with Crippen LogP contribution in [0, 0.1) is 0 Å². The zero-order valence-electron chi connectivity index (χ0n) is 15.0. The van der Waals surface area contributed by atoms with E-state index in [4.69, 9.17) is 4.74 Å². The highest BCUT2D eigenvalue weighted by atomic mass is 19.4. The van der Waals surface area contributed by atoms with Crippen LogP contribution in [0.4, 0.5) is 26.3 Å². The molecule has 0 heterocycles. The first-order valence-corrected chi connectivity index (χ1v) is 8.30. The smallest absolute Gasteiger partial charge is 0.406 e. The highest BCUT2D eigenvalue weighted by Crippen LogP contribution is 2.24. The van der Waals surface area contributed by atoms with E-state index in [1.807, 2.05) is 13.8 Å². The van der Waals surface area contributed by atoms with Crippen molar-refractivity contribution in [3.05, 3.63) is 29.8 Å². The predicted molar refractivity (Wildman–Crippen MR) is 86.2 cm³/mol. The van der Waals surface area contributed by atoms with E-state index in [2.05, 4.69) is 4.74 Å². The average Bonchev–Trinajstić information content (AvgIpc) is 2.50. The van der Waals surface area contributed by atoms with E-state index in [0.717, 1.165) is 12.1 Å². The Morgan fingerprint density at radius 2 is 1.63 bits per heavy atom. The monoisotopic (exact) mass is 403 g/mol. The van der Waals surface area contributed by atoms with Gasteiger partial charge < -0.3 is 14.6 Å². The molecule has 27 heavy (non-hydrogen) atoms. The van der Waals surface area contributed by atoms with Crippen molar-refractivity contribution in [3.8, 4) is 5.75 Å². The summed E-state index contributed by atoms with van der Waals surface area (Å²) >= 11 is 0. The fraction of sp³-hybridized carbons (Fsp3) is 0.647. The highest BCUT2D eigenvalue weighted by Gasteiger charge is 2.39. The Balaban J connectivity index is 2.71. The molecule has 0 amide bonds. The van der Waals surface area contributed by atoms with Gasteiger partial charge in [0, 0.05) is 26.2 Å². The molecule has 1 aromatic carbocycles. The molecule has 0 spiro atoms. The van der Waals surface area contributed by atoms with Crippen molar-refractivity contribution in [2.24, 2.45) is 0 Å². The van der Waals surface area contributed by atoms with E-state index in [0.29, 0.717) is 18.6 Å². The Labute approximate surface area is 153 Å². The predicted octanol–water partition coefficient (Wildman–Crippen LogP) is 4.13. The van der Waals surface area contributed by atoms with E-state index in [-0.39, 0.29) is 19.2 Å². The van der Waals surface area contributed by atoms with Crippen LogP contribution in [0.25, 0.3) is 0 Å². The average molecular weight is 403 g/mol. The van der Waals surface area contributed by atoms with Gasteiger partial charge in [0.1, 0.15) is 5.75 Å². The van der Waals surface area contributed by atoms with Gasteiger partial charge in [0.05, 0.1) is 6.10 Å². The summed E-state index contributed by atoms with van der Waals surface area (Å²) in [7, 11) is 0. The highest BCUT2D eigenvalue weighted by molar-refractivity contribution is 5.27. The number of benzene rings is 1. The van der Waals surface area contributed by atoms with Crippen molar-refractivity contribution in [2.75, 3.05) is 19.7 Å². The SMILES string of the molecule is CC(C)OCCCN(Cc1ccc(OC(F)(F)F)cc1)CC(O)C(F)(F)F. The normalized spacial score (nSPS) is 14.0. The van der Waals surface area contributed by atoms with Crippen LogP contribution in [-0.4, -0.2) is 54.4 Å². The fourth-order valence-electron chi connectivity index (χ4n) is 2.24. The van der Waals surface area contributed by atoms with Crippen LogP contribution in [0.2, 0.25) is 0 Å². The first-order valence-electron chi connectivity index (χ1n) is 8.30. The minimum atomic E-state index is -4.82. The number of hydrogen-bond donors (Lipinski definition) is 1. The van der Waals surface area contributed by atoms with Crippen LogP contribution in [0.1, 0.15) is 25.8 Å². The van der Waals surface area contributed by atoms with Crippen molar-refractivity contribution in [1.29, 1.82) is 0 Å². The van der Waals surface area contributed by atoms with Gasteiger partial charge in [0.2, 0.25) is 0 Å². The van der Waals surface area contributed by atoms with Crippen LogP contribution >= 0.6 is 0 Å². The number of ether oxygens (including phenoxy) is 2. The fourth-order valence-corrected chi connectivity index (χ4v) is 2.24. The molecule has 0 aromatic heterocycles. The molecule has 0 aliphatic carbocycles. The van der Waals surface area contributed by atoms with Crippen LogP contribution in [0.5, 0.6) is 5.75 Å². The largest absolute Gasteiger partial charge is 0.573 e.